The van der Waals surface area contributed by atoms with Crippen molar-refractivity contribution >= 4 is 11.8 Å². The summed E-state index contributed by atoms with van der Waals surface area (Å²) in [5.41, 5.74) is 2.50. The molecule has 1 fully saturated rings. The molecule has 1 aliphatic rings. The highest BCUT2D eigenvalue weighted by molar-refractivity contribution is 5.79. The Kier molecular flexibility index (Phi) is 4.88. The number of amides is 2. The minimum Gasteiger partial charge on any atom is -0.351 e. The number of nitrogens with zero attached hydrogens (tertiary/aromatic N) is 3. The molecule has 2 amide bonds. The molecule has 0 spiro atoms. The second-order valence-electron chi connectivity index (χ2n) is 5.96. The number of aromatic amines is 1. The Hall–Kier alpha value is -2.70. The second kappa shape index (κ2) is 7.25. The van der Waals surface area contributed by atoms with Crippen LogP contribution in [-0.4, -0.2) is 38.2 Å². The van der Waals surface area contributed by atoms with Gasteiger partial charge in [-0.2, -0.15) is 0 Å². The Morgan fingerprint density at radius 3 is 3.04 bits per heavy atom. The summed E-state index contributed by atoms with van der Waals surface area (Å²) in [6, 6.07) is 5.75. The molecule has 126 valence electrons. The molecule has 0 aromatic carbocycles. The molecule has 1 saturated heterocycles. The zero-order valence-corrected chi connectivity index (χ0v) is 13.7. The molecule has 0 saturated carbocycles. The van der Waals surface area contributed by atoms with Gasteiger partial charge in [-0.25, -0.2) is 4.98 Å². The summed E-state index contributed by atoms with van der Waals surface area (Å²) in [5, 5.41) is 2.75. The summed E-state index contributed by atoms with van der Waals surface area (Å²) in [4.78, 5) is 37.1. The quantitative estimate of drug-likeness (QED) is 0.867. The molecule has 2 aromatic heterocycles. The van der Waals surface area contributed by atoms with Crippen LogP contribution in [0.3, 0.4) is 0 Å². The summed E-state index contributed by atoms with van der Waals surface area (Å²) < 4.78 is 0. The van der Waals surface area contributed by atoms with Gasteiger partial charge >= 0.3 is 0 Å². The van der Waals surface area contributed by atoms with Gasteiger partial charge in [0, 0.05) is 25.4 Å². The number of rotatable bonds is 5. The molecule has 2 aromatic rings. The van der Waals surface area contributed by atoms with Crippen LogP contribution in [-0.2, 0) is 22.6 Å². The number of hydrogen-bond acceptors (Lipinski definition) is 4. The Balaban J connectivity index is 1.71. The third kappa shape index (κ3) is 3.79. The maximum Gasteiger partial charge on any atom is 0.229 e. The first-order valence-electron chi connectivity index (χ1n) is 8.10. The van der Waals surface area contributed by atoms with Crippen molar-refractivity contribution in [2.75, 3.05) is 6.54 Å². The third-order valence-corrected chi connectivity index (χ3v) is 4.16. The van der Waals surface area contributed by atoms with E-state index >= 15 is 0 Å². The molecule has 0 radical (unpaired) electrons. The Labute approximate surface area is 140 Å². The van der Waals surface area contributed by atoms with Crippen LogP contribution >= 0.6 is 0 Å². The molecular formula is C17H21N5O2. The fraction of sp³-hybridized carbons (Fsp3) is 0.412. The van der Waals surface area contributed by atoms with Crippen LogP contribution in [0.1, 0.15) is 42.9 Å². The number of nitrogens with one attached hydrogen (secondary N) is 2. The van der Waals surface area contributed by atoms with Crippen LogP contribution in [0.25, 0.3) is 0 Å². The van der Waals surface area contributed by atoms with Gasteiger partial charge in [0.25, 0.3) is 0 Å². The largest absolute Gasteiger partial charge is 0.351 e. The van der Waals surface area contributed by atoms with Crippen LogP contribution in [0.15, 0.2) is 30.7 Å². The summed E-state index contributed by atoms with van der Waals surface area (Å²) in [6.45, 7) is 2.63. The van der Waals surface area contributed by atoms with Gasteiger partial charge in [-0.05, 0) is 25.0 Å². The SMILES string of the molecule is CC(=O)NCc1cccc([C@@H]2CCCN2C(=O)Cc2cnc[nH]2)n1. The first-order valence-corrected chi connectivity index (χ1v) is 8.10. The highest BCUT2D eigenvalue weighted by atomic mass is 16.2. The fourth-order valence-electron chi connectivity index (χ4n) is 3.02. The summed E-state index contributed by atoms with van der Waals surface area (Å²) in [7, 11) is 0. The van der Waals surface area contributed by atoms with Crippen molar-refractivity contribution in [2.24, 2.45) is 0 Å². The van der Waals surface area contributed by atoms with E-state index in [1.54, 1.807) is 12.5 Å². The number of likely N-dealkylation sites (tertiary alicyclic amines) is 1. The van der Waals surface area contributed by atoms with Gasteiger partial charge in [-0.15, -0.1) is 0 Å². The molecule has 7 heteroatoms. The molecule has 24 heavy (non-hydrogen) atoms. The second-order valence-corrected chi connectivity index (χ2v) is 5.96. The first-order chi connectivity index (χ1) is 11.6. The maximum atomic E-state index is 12.6. The Morgan fingerprint density at radius 2 is 2.29 bits per heavy atom. The smallest absolute Gasteiger partial charge is 0.229 e. The number of aromatic nitrogens is 3. The zero-order chi connectivity index (χ0) is 16.9. The minimum atomic E-state index is -0.0839. The number of hydrogen-bond donors (Lipinski definition) is 2. The van der Waals surface area contributed by atoms with E-state index in [0.29, 0.717) is 13.0 Å². The predicted octanol–water partition coefficient (Wildman–Crippen LogP) is 1.35. The summed E-state index contributed by atoms with van der Waals surface area (Å²) >= 11 is 0. The molecule has 2 N–H and O–H groups in total. The average Bonchev–Trinajstić information content (AvgIpc) is 3.24. The van der Waals surface area contributed by atoms with E-state index < -0.39 is 0 Å². The molecule has 1 aliphatic heterocycles. The van der Waals surface area contributed by atoms with Gasteiger partial charge in [0.1, 0.15) is 0 Å². The van der Waals surface area contributed by atoms with Crippen LogP contribution in [0.5, 0.6) is 0 Å². The summed E-state index contributed by atoms with van der Waals surface area (Å²) in [6.07, 6.45) is 5.46. The van der Waals surface area contributed by atoms with Crippen molar-refractivity contribution in [3.05, 3.63) is 47.8 Å². The third-order valence-electron chi connectivity index (χ3n) is 4.16. The van der Waals surface area contributed by atoms with E-state index in [4.69, 9.17) is 0 Å². The van der Waals surface area contributed by atoms with E-state index in [9.17, 15) is 9.59 Å². The Morgan fingerprint density at radius 1 is 1.42 bits per heavy atom. The fourth-order valence-corrected chi connectivity index (χ4v) is 3.02. The van der Waals surface area contributed by atoms with E-state index in [1.807, 2.05) is 23.1 Å². The lowest BCUT2D eigenvalue weighted by molar-refractivity contribution is -0.131. The van der Waals surface area contributed by atoms with Crippen LogP contribution in [0.4, 0.5) is 0 Å². The van der Waals surface area contributed by atoms with Crippen molar-refractivity contribution < 1.29 is 9.59 Å². The molecule has 0 aliphatic carbocycles. The van der Waals surface area contributed by atoms with E-state index in [0.717, 1.165) is 36.5 Å². The van der Waals surface area contributed by atoms with Crippen LogP contribution in [0.2, 0.25) is 0 Å². The van der Waals surface area contributed by atoms with Crippen LogP contribution < -0.4 is 5.32 Å². The highest BCUT2D eigenvalue weighted by Gasteiger charge is 2.31. The van der Waals surface area contributed by atoms with Crippen molar-refractivity contribution in [1.82, 2.24) is 25.2 Å². The molecular weight excluding hydrogens is 306 g/mol. The molecule has 0 unspecified atom stereocenters. The normalized spacial score (nSPS) is 17.0. The zero-order valence-electron chi connectivity index (χ0n) is 13.7. The van der Waals surface area contributed by atoms with Gasteiger partial charge in [0.05, 0.1) is 36.7 Å². The number of carbonyl (C=O) groups is 2. The lowest BCUT2D eigenvalue weighted by Gasteiger charge is -2.24. The predicted molar refractivity (Wildman–Crippen MR) is 87.7 cm³/mol. The lowest BCUT2D eigenvalue weighted by Crippen LogP contribution is -2.32. The molecule has 3 rings (SSSR count). The highest BCUT2D eigenvalue weighted by Crippen LogP contribution is 2.31. The number of H-pyrrole nitrogens is 1. The van der Waals surface area contributed by atoms with Gasteiger partial charge in [0.2, 0.25) is 11.8 Å². The van der Waals surface area contributed by atoms with Crippen molar-refractivity contribution in [3.63, 3.8) is 0 Å². The first kappa shape index (κ1) is 16.2. The Bertz CT molecular complexity index is 714. The van der Waals surface area contributed by atoms with Gasteiger partial charge in [-0.1, -0.05) is 6.07 Å². The summed E-state index contributed by atoms with van der Waals surface area (Å²) in [5.74, 6) is -0.00440. The van der Waals surface area contributed by atoms with Crippen LogP contribution in [0, 0.1) is 0 Å². The lowest BCUT2D eigenvalue weighted by atomic mass is 10.1. The van der Waals surface area contributed by atoms with E-state index in [2.05, 4.69) is 20.3 Å². The average molecular weight is 327 g/mol. The number of carbonyl (C=O) groups excluding carboxylic acids is 2. The van der Waals surface area contributed by atoms with Crippen molar-refractivity contribution in [2.45, 2.75) is 38.8 Å². The van der Waals surface area contributed by atoms with Gasteiger partial charge in [-0.3, -0.25) is 14.6 Å². The van der Waals surface area contributed by atoms with Crippen molar-refractivity contribution in [1.29, 1.82) is 0 Å². The standard InChI is InChI=1S/C17H21N5O2/c1-12(23)19-10-13-4-2-5-15(21-13)16-6-3-7-22(16)17(24)8-14-9-18-11-20-14/h2,4-5,9,11,16H,3,6-8,10H2,1H3,(H,18,20)(H,19,23)/t16-/m0/s1. The molecule has 7 nitrogen and oxygen atoms in total. The van der Waals surface area contributed by atoms with E-state index in [1.165, 1.54) is 6.92 Å². The maximum absolute atomic E-state index is 12.6. The topological polar surface area (TPSA) is 91.0 Å². The van der Waals surface area contributed by atoms with Gasteiger partial charge in [0.15, 0.2) is 0 Å². The van der Waals surface area contributed by atoms with Crippen molar-refractivity contribution in [3.8, 4) is 0 Å². The molecule has 0 bridgehead atoms. The van der Waals surface area contributed by atoms with E-state index in [-0.39, 0.29) is 17.9 Å². The molecule has 1 atom stereocenters. The van der Waals surface area contributed by atoms with Gasteiger partial charge < -0.3 is 15.2 Å². The monoisotopic (exact) mass is 327 g/mol. The minimum absolute atomic E-state index is 0.00213. The number of pyridine rings is 1. The molecule has 3 heterocycles. The number of imidazole rings is 1.